The van der Waals surface area contributed by atoms with Gasteiger partial charge in [-0.1, -0.05) is 72.8 Å². The Bertz CT molecular complexity index is 683. The van der Waals surface area contributed by atoms with Crippen LogP contribution in [-0.2, 0) is 4.74 Å². The molecule has 0 aliphatic carbocycles. The van der Waals surface area contributed by atoms with Crippen molar-refractivity contribution >= 4 is 11.8 Å². The summed E-state index contributed by atoms with van der Waals surface area (Å²) in [5.41, 5.74) is 4.29. The maximum absolute atomic E-state index is 7.07. The van der Waals surface area contributed by atoms with Gasteiger partial charge in [0.05, 0.1) is 7.11 Å². The van der Waals surface area contributed by atoms with E-state index in [1.807, 2.05) is 55.5 Å². The summed E-state index contributed by atoms with van der Waals surface area (Å²) in [7, 11) is 1.69. The van der Waals surface area contributed by atoms with E-state index < -0.39 is 0 Å². The van der Waals surface area contributed by atoms with Crippen molar-refractivity contribution in [1.82, 2.24) is 0 Å². The Morgan fingerprint density at radius 2 is 1.39 bits per heavy atom. The molecule has 0 saturated heterocycles. The van der Waals surface area contributed by atoms with E-state index in [0.717, 1.165) is 28.0 Å². The minimum Gasteiger partial charge on any atom is -0.496 e. The highest BCUT2D eigenvalue weighted by Crippen LogP contribution is 2.30. The average Bonchev–Trinajstić information content (AvgIpc) is 2.61. The summed E-state index contributed by atoms with van der Waals surface area (Å²) in [4.78, 5) is 0. The lowest BCUT2D eigenvalue weighted by molar-refractivity contribution is 0.303. The molecule has 0 saturated carbocycles. The van der Waals surface area contributed by atoms with E-state index in [1.165, 1.54) is 6.21 Å². The van der Waals surface area contributed by atoms with E-state index in [-0.39, 0.29) is 0 Å². The van der Waals surface area contributed by atoms with Gasteiger partial charge in [0.2, 0.25) is 0 Å². The Hall–Kier alpha value is -2.87. The van der Waals surface area contributed by atoms with Crippen LogP contribution in [0.1, 0.15) is 18.1 Å². The molecule has 0 aromatic heterocycles. The first-order chi connectivity index (χ1) is 11.3. The third-order valence-electron chi connectivity index (χ3n) is 3.47. The molecule has 0 bridgehead atoms. The first-order valence-electron chi connectivity index (χ1n) is 7.51. The van der Waals surface area contributed by atoms with Gasteiger partial charge in [-0.3, -0.25) is 0 Å². The predicted octanol–water partition coefficient (Wildman–Crippen LogP) is 5.24. The van der Waals surface area contributed by atoms with Gasteiger partial charge in [0.25, 0.3) is 0 Å². The van der Waals surface area contributed by atoms with Crippen molar-refractivity contribution in [3.05, 3.63) is 101 Å². The second kappa shape index (κ2) is 8.54. The standard InChI is InChI=1S/C21H21NO/c1-17(11-9-10-16-22)21(23-2)20(18-12-5-3-6-13-18)19-14-7-4-8-15-19/h3-16,22H,1-2H3/b10-9-,17-11+,22-16?. The van der Waals surface area contributed by atoms with E-state index in [0.29, 0.717) is 0 Å². The van der Waals surface area contributed by atoms with E-state index in [1.54, 1.807) is 13.2 Å². The van der Waals surface area contributed by atoms with Crippen LogP contribution in [-0.4, -0.2) is 13.3 Å². The molecule has 0 spiro atoms. The molecule has 2 heteroatoms. The van der Waals surface area contributed by atoms with Crippen LogP contribution < -0.4 is 0 Å². The zero-order chi connectivity index (χ0) is 16.5. The van der Waals surface area contributed by atoms with E-state index in [9.17, 15) is 0 Å². The molecule has 0 radical (unpaired) electrons. The maximum Gasteiger partial charge on any atom is 0.130 e. The zero-order valence-electron chi connectivity index (χ0n) is 13.5. The molecule has 23 heavy (non-hydrogen) atoms. The van der Waals surface area contributed by atoms with Crippen molar-refractivity contribution in [1.29, 1.82) is 5.41 Å². The Kier molecular flexibility index (Phi) is 6.13. The SMILES string of the molecule is COC(=C(c1ccccc1)c1ccccc1)/C(C)=C/C=C\C=N. The van der Waals surface area contributed by atoms with Crippen LogP contribution in [0, 0.1) is 5.41 Å². The highest BCUT2D eigenvalue weighted by Gasteiger charge is 2.13. The molecule has 0 amide bonds. The van der Waals surface area contributed by atoms with Gasteiger partial charge in [-0.2, -0.15) is 0 Å². The van der Waals surface area contributed by atoms with Gasteiger partial charge in [-0.25, -0.2) is 0 Å². The van der Waals surface area contributed by atoms with Crippen LogP contribution in [0.15, 0.2) is 90.2 Å². The molecule has 0 aliphatic rings. The van der Waals surface area contributed by atoms with Crippen molar-refractivity contribution < 1.29 is 4.74 Å². The fraction of sp³-hybridized carbons (Fsp3) is 0.0952. The second-order valence-corrected chi connectivity index (χ2v) is 5.04. The fourth-order valence-electron chi connectivity index (χ4n) is 2.43. The summed E-state index contributed by atoms with van der Waals surface area (Å²) in [6.07, 6.45) is 6.74. The number of hydrogen-bond donors (Lipinski definition) is 1. The van der Waals surface area contributed by atoms with Crippen LogP contribution in [0.2, 0.25) is 0 Å². The fourth-order valence-corrected chi connectivity index (χ4v) is 2.43. The van der Waals surface area contributed by atoms with E-state index in [4.69, 9.17) is 10.1 Å². The van der Waals surface area contributed by atoms with Crippen molar-refractivity contribution in [3.8, 4) is 0 Å². The summed E-state index contributed by atoms with van der Waals surface area (Å²) in [5.74, 6) is 0.831. The van der Waals surface area contributed by atoms with Gasteiger partial charge < -0.3 is 10.1 Å². The van der Waals surface area contributed by atoms with Crippen LogP contribution in [0.5, 0.6) is 0 Å². The molecule has 0 aliphatic heterocycles. The number of benzene rings is 2. The van der Waals surface area contributed by atoms with Crippen molar-refractivity contribution in [2.24, 2.45) is 0 Å². The number of allylic oxidation sites excluding steroid dienone is 4. The topological polar surface area (TPSA) is 33.1 Å². The number of nitrogens with one attached hydrogen (secondary N) is 1. The lowest BCUT2D eigenvalue weighted by Crippen LogP contribution is -1.98. The summed E-state index contributed by atoms with van der Waals surface area (Å²) in [5, 5.41) is 7.07. The quantitative estimate of drug-likeness (QED) is 0.441. The monoisotopic (exact) mass is 303 g/mol. The van der Waals surface area contributed by atoms with Crippen molar-refractivity contribution in [2.75, 3.05) is 7.11 Å². The largest absolute Gasteiger partial charge is 0.496 e. The van der Waals surface area contributed by atoms with Gasteiger partial charge in [-0.15, -0.1) is 0 Å². The van der Waals surface area contributed by atoms with Crippen LogP contribution in [0.4, 0.5) is 0 Å². The molecule has 0 heterocycles. The van der Waals surface area contributed by atoms with Gasteiger partial charge in [-0.05, 0) is 29.7 Å². The highest BCUT2D eigenvalue weighted by atomic mass is 16.5. The van der Waals surface area contributed by atoms with Gasteiger partial charge >= 0.3 is 0 Å². The smallest absolute Gasteiger partial charge is 0.130 e. The third kappa shape index (κ3) is 4.30. The molecule has 2 aromatic rings. The Balaban J connectivity index is 2.65. The lowest BCUT2D eigenvalue weighted by Gasteiger charge is -2.16. The minimum absolute atomic E-state index is 0.831. The Morgan fingerprint density at radius 3 is 1.83 bits per heavy atom. The number of methoxy groups -OCH3 is 1. The van der Waals surface area contributed by atoms with Crippen molar-refractivity contribution in [2.45, 2.75) is 6.92 Å². The van der Waals surface area contributed by atoms with Gasteiger partial charge in [0.15, 0.2) is 0 Å². The lowest BCUT2D eigenvalue weighted by atomic mass is 9.94. The highest BCUT2D eigenvalue weighted by molar-refractivity contribution is 5.83. The Labute approximate surface area is 138 Å². The average molecular weight is 303 g/mol. The summed E-state index contributed by atoms with van der Waals surface area (Å²) in [6.45, 7) is 2.01. The summed E-state index contributed by atoms with van der Waals surface area (Å²) in [6, 6.07) is 20.5. The molecule has 2 aromatic carbocycles. The summed E-state index contributed by atoms with van der Waals surface area (Å²) < 4.78 is 5.73. The van der Waals surface area contributed by atoms with Gasteiger partial charge in [0, 0.05) is 11.8 Å². The Morgan fingerprint density at radius 1 is 0.870 bits per heavy atom. The normalized spacial score (nSPS) is 11.3. The summed E-state index contributed by atoms with van der Waals surface area (Å²) >= 11 is 0. The molecule has 2 nitrogen and oxygen atoms in total. The van der Waals surface area contributed by atoms with E-state index >= 15 is 0 Å². The second-order valence-electron chi connectivity index (χ2n) is 5.04. The maximum atomic E-state index is 7.07. The molecule has 1 N–H and O–H groups in total. The number of ether oxygens (including phenoxy) is 1. The first-order valence-corrected chi connectivity index (χ1v) is 7.51. The minimum atomic E-state index is 0.831. The molecule has 0 unspecified atom stereocenters. The molecular formula is C21H21NO. The van der Waals surface area contributed by atoms with Crippen LogP contribution in [0.25, 0.3) is 5.57 Å². The predicted molar refractivity (Wildman–Crippen MR) is 97.6 cm³/mol. The van der Waals surface area contributed by atoms with Crippen molar-refractivity contribution in [3.63, 3.8) is 0 Å². The molecular weight excluding hydrogens is 282 g/mol. The molecule has 2 rings (SSSR count). The first kappa shape index (κ1) is 16.5. The number of hydrogen-bond acceptors (Lipinski definition) is 2. The molecule has 116 valence electrons. The van der Waals surface area contributed by atoms with Crippen LogP contribution in [0.3, 0.4) is 0 Å². The molecule has 0 atom stereocenters. The van der Waals surface area contributed by atoms with Gasteiger partial charge in [0.1, 0.15) is 5.76 Å². The zero-order valence-corrected chi connectivity index (χ0v) is 13.5. The van der Waals surface area contributed by atoms with Crippen LogP contribution >= 0.6 is 0 Å². The number of rotatable bonds is 6. The molecule has 0 fully saturated rings. The third-order valence-corrected chi connectivity index (χ3v) is 3.47. The van der Waals surface area contributed by atoms with E-state index in [2.05, 4.69) is 24.3 Å².